The van der Waals surface area contributed by atoms with Crippen molar-refractivity contribution in [2.75, 3.05) is 6.54 Å². The summed E-state index contributed by atoms with van der Waals surface area (Å²) in [6, 6.07) is 6.32. The van der Waals surface area contributed by atoms with E-state index in [-0.39, 0.29) is 5.91 Å². The maximum Gasteiger partial charge on any atom is 0.220 e. The number of hydrogen-bond donors (Lipinski definition) is 3. The molecule has 0 aliphatic rings. The highest BCUT2D eigenvalue weighted by atomic mass is 16.1. The lowest BCUT2D eigenvalue weighted by molar-refractivity contribution is -0.121. The summed E-state index contributed by atoms with van der Waals surface area (Å²) in [5.41, 5.74) is 10.2. The van der Waals surface area contributed by atoms with E-state index in [1.807, 2.05) is 0 Å². The number of aromatic nitrogens is 1. The fraction of sp³-hybridized carbons (Fsp3) is 0.500. The number of nitrogens with one attached hydrogen (secondary N) is 2. The van der Waals surface area contributed by atoms with Crippen molar-refractivity contribution < 1.29 is 4.79 Å². The van der Waals surface area contributed by atoms with Crippen LogP contribution in [0.3, 0.4) is 0 Å². The Kier molecular flexibility index (Phi) is 6.01. The molecule has 1 amide bonds. The summed E-state index contributed by atoms with van der Waals surface area (Å²) in [5, 5.41) is 4.25. The van der Waals surface area contributed by atoms with Crippen molar-refractivity contribution in [2.45, 2.75) is 52.5 Å². The first kappa shape index (κ1) is 16.6. The van der Waals surface area contributed by atoms with Gasteiger partial charge in [0.25, 0.3) is 0 Å². The molecule has 0 aliphatic heterocycles. The lowest BCUT2D eigenvalue weighted by Crippen LogP contribution is -2.22. The summed E-state index contributed by atoms with van der Waals surface area (Å²) in [5.74, 6) is 0.134. The summed E-state index contributed by atoms with van der Waals surface area (Å²) >= 11 is 0. The standard InChI is InChI=1S/C18H27N3O/c1-13-14(2)21-17-9-8-15(11-16(13)17)12-20-18(22)7-5-3-4-6-10-19/h8-9,11,21H,3-7,10,12,19H2,1-2H3,(H,20,22). The van der Waals surface area contributed by atoms with Gasteiger partial charge in [-0.1, -0.05) is 18.9 Å². The number of fused-ring (bicyclic) bond motifs is 1. The molecule has 0 fully saturated rings. The molecule has 0 bridgehead atoms. The Morgan fingerprint density at radius 1 is 1.18 bits per heavy atom. The summed E-state index contributed by atoms with van der Waals surface area (Å²) in [6.45, 7) is 5.55. The Bertz CT molecular complexity index is 631. The zero-order valence-electron chi connectivity index (χ0n) is 13.7. The number of nitrogens with two attached hydrogens (primary N) is 1. The quantitative estimate of drug-likeness (QED) is 0.655. The topological polar surface area (TPSA) is 70.9 Å². The van der Waals surface area contributed by atoms with Gasteiger partial charge >= 0.3 is 0 Å². The van der Waals surface area contributed by atoms with Crippen molar-refractivity contribution in [1.29, 1.82) is 0 Å². The number of aromatic amines is 1. The second-order valence-electron chi connectivity index (χ2n) is 5.98. The molecule has 4 N–H and O–H groups in total. The molecular formula is C18H27N3O. The summed E-state index contributed by atoms with van der Waals surface area (Å²) in [6.07, 6.45) is 4.80. The Morgan fingerprint density at radius 2 is 1.95 bits per heavy atom. The van der Waals surface area contributed by atoms with Crippen molar-refractivity contribution >= 4 is 16.8 Å². The number of hydrogen-bond acceptors (Lipinski definition) is 2. The van der Waals surface area contributed by atoms with Crippen molar-refractivity contribution in [1.82, 2.24) is 10.3 Å². The van der Waals surface area contributed by atoms with Crippen LogP contribution in [0.4, 0.5) is 0 Å². The normalized spacial score (nSPS) is 11.0. The number of amides is 1. The highest BCUT2D eigenvalue weighted by Crippen LogP contribution is 2.22. The van der Waals surface area contributed by atoms with Crippen molar-refractivity contribution in [3.63, 3.8) is 0 Å². The van der Waals surface area contributed by atoms with Gasteiger partial charge in [-0.2, -0.15) is 0 Å². The van der Waals surface area contributed by atoms with Crippen molar-refractivity contribution in [2.24, 2.45) is 5.73 Å². The first-order valence-corrected chi connectivity index (χ1v) is 8.16. The smallest absolute Gasteiger partial charge is 0.220 e. The average molecular weight is 301 g/mol. The van der Waals surface area contributed by atoms with Gasteiger partial charge in [0.2, 0.25) is 5.91 Å². The van der Waals surface area contributed by atoms with E-state index in [4.69, 9.17) is 5.73 Å². The van der Waals surface area contributed by atoms with Crippen molar-refractivity contribution in [3.8, 4) is 0 Å². The van der Waals surface area contributed by atoms with Crippen LogP contribution in [0.1, 0.15) is 48.9 Å². The molecule has 0 spiro atoms. The Morgan fingerprint density at radius 3 is 2.73 bits per heavy atom. The van der Waals surface area contributed by atoms with Crippen LogP contribution in [0, 0.1) is 13.8 Å². The molecule has 0 saturated heterocycles. The molecule has 1 aromatic heterocycles. The minimum absolute atomic E-state index is 0.134. The fourth-order valence-electron chi connectivity index (χ4n) is 2.69. The molecule has 120 valence electrons. The number of aryl methyl sites for hydroxylation is 2. The molecule has 1 aromatic carbocycles. The third-order valence-electron chi connectivity index (χ3n) is 4.22. The molecule has 4 nitrogen and oxygen atoms in total. The van der Waals surface area contributed by atoms with E-state index in [9.17, 15) is 4.79 Å². The van der Waals surface area contributed by atoms with Crippen LogP contribution in [0.2, 0.25) is 0 Å². The van der Waals surface area contributed by atoms with Crippen LogP contribution in [-0.2, 0) is 11.3 Å². The number of carbonyl (C=O) groups is 1. The fourth-order valence-corrected chi connectivity index (χ4v) is 2.69. The molecular weight excluding hydrogens is 274 g/mol. The van der Waals surface area contributed by atoms with Gasteiger partial charge in [0.05, 0.1) is 0 Å². The highest BCUT2D eigenvalue weighted by molar-refractivity contribution is 5.85. The minimum atomic E-state index is 0.134. The van der Waals surface area contributed by atoms with E-state index >= 15 is 0 Å². The minimum Gasteiger partial charge on any atom is -0.358 e. The molecule has 0 aliphatic carbocycles. The van der Waals surface area contributed by atoms with Gasteiger partial charge in [-0.3, -0.25) is 4.79 Å². The van der Waals surface area contributed by atoms with E-state index in [0.29, 0.717) is 13.0 Å². The SMILES string of the molecule is Cc1[nH]c2ccc(CNC(=O)CCCCCCN)cc2c1C. The predicted octanol–water partition coefficient (Wildman–Crippen LogP) is 3.31. The maximum atomic E-state index is 11.8. The number of carbonyl (C=O) groups excluding carboxylic acids is 1. The number of benzene rings is 1. The zero-order valence-corrected chi connectivity index (χ0v) is 13.7. The maximum absolute atomic E-state index is 11.8. The van der Waals surface area contributed by atoms with E-state index in [1.165, 1.54) is 16.6 Å². The number of rotatable bonds is 8. The van der Waals surface area contributed by atoms with Gasteiger partial charge in [-0.05, 0) is 56.5 Å². The van der Waals surface area contributed by atoms with Crippen molar-refractivity contribution in [3.05, 3.63) is 35.0 Å². The predicted molar refractivity (Wildman–Crippen MR) is 91.8 cm³/mol. The van der Waals surface area contributed by atoms with Crippen LogP contribution in [0.15, 0.2) is 18.2 Å². The second kappa shape index (κ2) is 7.99. The molecule has 0 radical (unpaired) electrons. The third kappa shape index (κ3) is 4.34. The molecule has 0 atom stereocenters. The van der Waals surface area contributed by atoms with Crippen LogP contribution in [-0.4, -0.2) is 17.4 Å². The van der Waals surface area contributed by atoms with Gasteiger partial charge in [-0.15, -0.1) is 0 Å². The van der Waals surface area contributed by atoms with E-state index in [0.717, 1.165) is 43.3 Å². The molecule has 1 heterocycles. The first-order chi connectivity index (χ1) is 10.6. The second-order valence-corrected chi connectivity index (χ2v) is 5.98. The average Bonchev–Trinajstić information content (AvgIpc) is 2.80. The Labute approximate surface area is 132 Å². The van der Waals surface area contributed by atoms with E-state index in [1.54, 1.807) is 0 Å². The van der Waals surface area contributed by atoms with Crippen LogP contribution >= 0.6 is 0 Å². The largest absolute Gasteiger partial charge is 0.358 e. The molecule has 2 rings (SSSR count). The summed E-state index contributed by atoms with van der Waals surface area (Å²) in [4.78, 5) is 15.2. The van der Waals surface area contributed by atoms with Gasteiger partial charge in [0.15, 0.2) is 0 Å². The zero-order chi connectivity index (χ0) is 15.9. The summed E-state index contributed by atoms with van der Waals surface area (Å²) in [7, 11) is 0. The lowest BCUT2D eigenvalue weighted by atomic mass is 10.1. The first-order valence-electron chi connectivity index (χ1n) is 8.16. The van der Waals surface area contributed by atoms with Gasteiger partial charge in [0.1, 0.15) is 0 Å². The number of unbranched alkanes of at least 4 members (excludes halogenated alkanes) is 3. The van der Waals surface area contributed by atoms with E-state index < -0.39 is 0 Å². The van der Waals surface area contributed by atoms with E-state index in [2.05, 4.69) is 42.3 Å². The number of H-pyrrole nitrogens is 1. The monoisotopic (exact) mass is 301 g/mol. The summed E-state index contributed by atoms with van der Waals surface area (Å²) < 4.78 is 0. The molecule has 2 aromatic rings. The van der Waals surface area contributed by atoms with Crippen LogP contribution in [0.25, 0.3) is 10.9 Å². The van der Waals surface area contributed by atoms with Gasteiger partial charge < -0.3 is 16.0 Å². The van der Waals surface area contributed by atoms with Crippen LogP contribution in [0.5, 0.6) is 0 Å². The lowest BCUT2D eigenvalue weighted by Gasteiger charge is -2.06. The molecule has 0 saturated carbocycles. The van der Waals surface area contributed by atoms with Gasteiger partial charge in [-0.25, -0.2) is 0 Å². The van der Waals surface area contributed by atoms with Crippen LogP contribution < -0.4 is 11.1 Å². The highest BCUT2D eigenvalue weighted by Gasteiger charge is 2.06. The van der Waals surface area contributed by atoms with Gasteiger partial charge in [0, 0.05) is 29.6 Å². The molecule has 4 heteroatoms. The Hall–Kier alpha value is -1.81. The molecule has 0 unspecified atom stereocenters. The Balaban J connectivity index is 1.81. The third-order valence-corrected chi connectivity index (χ3v) is 4.22. The molecule has 22 heavy (non-hydrogen) atoms.